The molecule has 0 aromatic carbocycles. The molecule has 0 radical (unpaired) electrons. The molecule has 2 unspecified atom stereocenters. The zero-order chi connectivity index (χ0) is 15.4. The molecular weight excluding hydrogens is 272 g/mol. The molecule has 0 aliphatic rings. The molecule has 5 heteroatoms. The Balaban J connectivity index is 2.91. The van der Waals surface area contributed by atoms with Crippen molar-refractivity contribution >= 4 is 17.7 Å². The fourth-order valence-corrected chi connectivity index (χ4v) is 3.24. The molecule has 1 aromatic heterocycles. The predicted molar refractivity (Wildman–Crippen MR) is 85.6 cm³/mol. The highest BCUT2D eigenvalue weighted by Gasteiger charge is 2.21. The first-order valence-corrected chi connectivity index (χ1v) is 8.25. The summed E-state index contributed by atoms with van der Waals surface area (Å²) in [5.74, 6) is -0.0648. The molecule has 1 aromatic rings. The van der Waals surface area contributed by atoms with Crippen LogP contribution in [0.15, 0.2) is 6.07 Å². The number of thioether (sulfide) groups is 1. The summed E-state index contributed by atoms with van der Waals surface area (Å²) in [4.78, 5) is 12.4. The number of rotatable bonds is 6. The summed E-state index contributed by atoms with van der Waals surface area (Å²) in [6, 6.07) is 2.21. The molecule has 4 nitrogen and oxygen atoms in total. The first kappa shape index (κ1) is 17.1. The third-order valence-electron chi connectivity index (χ3n) is 3.64. The van der Waals surface area contributed by atoms with Gasteiger partial charge in [0.25, 0.3) is 5.91 Å². The average Bonchev–Trinajstić information content (AvgIpc) is 2.66. The standard InChI is InChI=1S/C15H26N2O2S/c1-9(2)17-10(3)7-13(12(17)5)15(19)16-11(4)14(8-18)20-6/h7,9,11,14,18H,8H2,1-6H3,(H,16,19). The van der Waals surface area contributed by atoms with E-state index in [4.69, 9.17) is 0 Å². The summed E-state index contributed by atoms with van der Waals surface area (Å²) in [6.07, 6.45) is 1.94. The van der Waals surface area contributed by atoms with Crippen LogP contribution < -0.4 is 5.32 Å². The highest BCUT2D eigenvalue weighted by Crippen LogP contribution is 2.20. The number of carbonyl (C=O) groups is 1. The molecule has 0 spiro atoms. The summed E-state index contributed by atoms with van der Waals surface area (Å²) >= 11 is 1.56. The monoisotopic (exact) mass is 298 g/mol. The van der Waals surface area contributed by atoms with E-state index in [9.17, 15) is 9.90 Å². The molecule has 2 N–H and O–H groups in total. The number of hydrogen-bond acceptors (Lipinski definition) is 3. The van der Waals surface area contributed by atoms with Gasteiger partial charge >= 0.3 is 0 Å². The van der Waals surface area contributed by atoms with Crippen LogP contribution in [-0.2, 0) is 0 Å². The average molecular weight is 298 g/mol. The quantitative estimate of drug-likeness (QED) is 0.848. The van der Waals surface area contributed by atoms with Crippen LogP contribution >= 0.6 is 11.8 Å². The molecule has 114 valence electrons. The van der Waals surface area contributed by atoms with E-state index in [2.05, 4.69) is 23.7 Å². The minimum absolute atomic E-state index is 0.0209. The second-order valence-electron chi connectivity index (χ2n) is 5.47. The number of carbonyl (C=O) groups excluding carboxylic acids is 1. The number of aryl methyl sites for hydroxylation is 1. The van der Waals surface area contributed by atoms with Crippen LogP contribution in [0.2, 0.25) is 0 Å². The van der Waals surface area contributed by atoms with Gasteiger partial charge in [0.05, 0.1) is 12.2 Å². The second kappa shape index (κ2) is 7.18. The van der Waals surface area contributed by atoms with Crippen LogP contribution in [0.3, 0.4) is 0 Å². The summed E-state index contributed by atoms with van der Waals surface area (Å²) < 4.78 is 2.16. The predicted octanol–water partition coefficient (Wildman–Crippen LogP) is 2.53. The molecule has 1 rings (SSSR count). The van der Waals surface area contributed by atoms with Gasteiger partial charge in [-0.1, -0.05) is 0 Å². The van der Waals surface area contributed by atoms with Gasteiger partial charge in [-0.25, -0.2) is 0 Å². The molecule has 0 aliphatic carbocycles. The Hall–Kier alpha value is -0.940. The maximum atomic E-state index is 12.4. The van der Waals surface area contributed by atoms with Crippen LogP contribution in [0.1, 0.15) is 48.6 Å². The molecule has 20 heavy (non-hydrogen) atoms. The number of aliphatic hydroxyl groups is 1. The molecule has 0 aliphatic heterocycles. The van der Waals surface area contributed by atoms with Crippen molar-refractivity contribution in [3.63, 3.8) is 0 Å². The lowest BCUT2D eigenvalue weighted by molar-refractivity contribution is 0.0935. The minimum atomic E-state index is -0.0652. The Bertz CT molecular complexity index is 465. The molecule has 2 atom stereocenters. The van der Waals surface area contributed by atoms with Gasteiger partial charge in [0, 0.05) is 28.7 Å². The zero-order valence-corrected chi connectivity index (χ0v) is 14.0. The van der Waals surface area contributed by atoms with Gasteiger partial charge in [-0.3, -0.25) is 4.79 Å². The first-order chi connectivity index (χ1) is 9.33. The van der Waals surface area contributed by atoms with Crippen molar-refractivity contribution in [2.45, 2.75) is 52.0 Å². The van der Waals surface area contributed by atoms with E-state index >= 15 is 0 Å². The van der Waals surface area contributed by atoms with Crippen molar-refractivity contribution in [3.05, 3.63) is 23.0 Å². The lowest BCUT2D eigenvalue weighted by atomic mass is 10.2. The van der Waals surface area contributed by atoms with Crippen LogP contribution in [0.5, 0.6) is 0 Å². The maximum absolute atomic E-state index is 12.4. The maximum Gasteiger partial charge on any atom is 0.253 e. The zero-order valence-electron chi connectivity index (χ0n) is 13.2. The summed E-state index contributed by atoms with van der Waals surface area (Å²) in [6.45, 7) is 10.2. The number of aromatic nitrogens is 1. The van der Waals surface area contributed by atoms with Gasteiger partial charge in [-0.2, -0.15) is 11.8 Å². The van der Waals surface area contributed by atoms with Crippen LogP contribution in [0.25, 0.3) is 0 Å². The summed E-state index contributed by atoms with van der Waals surface area (Å²) in [5, 5.41) is 12.3. The Kier molecular flexibility index (Phi) is 6.14. The third kappa shape index (κ3) is 3.58. The molecular formula is C15H26N2O2S. The van der Waals surface area contributed by atoms with Crippen molar-refractivity contribution in [2.24, 2.45) is 0 Å². The lowest BCUT2D eigenvalue weighted by Gasteiger charge is -2.21. The molecule has 1 heterocycles. The van der Waals surface area contributed by atoms with Crippen LogP contribution in [0.4, 0.5) is 0 Å². The van der Waals surface area contributed by atoms with Gasteiger partial charge < -0.3 is 15.0 Å². The largest absolute Gasteiger partial charge is 0.395 e. The number of nitrogens with one attached hydrogen (secondary N) is 1. The van der Waals surface area contributed by atoms with Crippen molar-refractivity contribution in [1.82, 2.24) is 9.88 Å². The Morgan fingerprint density at radius 2 is 2.00 bits per heavy atom. The molecule has 0 saturated carbocycles. The number of aliphatic hydroxyl groups excluding tert-OH is 1. The highest BCUT2D eigenvalue weighted by atomic mass is 32.2. The minimum Gasteiger partial charge on any atom is -0.395 e. The SMILES string of the molecule is CSC(CO)C(C)NC(=O)c1cc(C)n(C(C)C)c1C. The van der Waals surface area contributed by atoms with Gasteiger partial charge in [0.1, 0.15) is 0 Å². The van der Waals surface area contributed by atoms with E-state index < -0.39 is 0 Å². The number of amides is 1. The smallest absolute Gasteiger partial charge is 0.253 e. The van der Waals surface area contributed by atoms with E-state index in [1.165, 1.54) is 0 Å². The summed E-state index contributed by atoms with van der Waals surface area (Å²) in [7, 11) is 0. The van der Waals surface area contributed by atoms with E-state index in [-0.39, 0.29) is 23.8 Å². The van der Waals surface area contributed by atoms with E-state index in [1.54, 1.807) is 11.8 Å². The van der Waals surface area contributed by atoms with Crippen molar-refractivity contribution in [2.75, 3.05) is 12.9 Å². The van der Waals surface area contributed by atoms with Crippen LogP contribution in [-0.4, -0.2) is 39.7 Å². The van der Waals surface area contributed by atoms with E-state index in [0.29, 0.717) is 6.04 Å². The summed E-state index contributed by atoms with van der Waals surface area (Å²) in [5.41, 5.74) is 2.81. The highest BCUT2D eigenvalue weighted by molar-refractivity contribution is 7.99. The van der Waals surface area contributed by atoms with Crippen molar-refractivity contribution < 1.29 is 9.90 Å². The van der Waals surface area contributed by atoms with Crippen molar-refractivity contribution in [1.29, 1.82) is 0 Å². The van der Waals surface area contributed by atoms with Gasteiger partial charge in [0.15, 0.2) is 0 Å². The molecule has 0 saturated heterocycles. The van der Waals surface area contributed by atoms with Gasteiger partial charge in [-0.05, 0) is 46.9 Å². The Morgan fingerprint density at radius 1 is 1.40 bits per heavy atom. The van der Waals surface area contributed by atoms with Crippen LogP contribution in [0, 0.1) is 13.8 Å². The number of nitrogens with zero attached hydrogens (tertiary/aromatic N) is 1. The first-order valence-electron chi connectivity index (χ1n) is 6.96. The van der Waals surface area contributed by atoms with Gasteiger partial charge in [-0.15, -0.1) is 0 Å². The third-order valence-corrected chi connectivity index (χ3v) is 4.81. The molecule has 0 bridgehead atoms. The Labute approximate surface area is 125 Å². The normalized spacial score (nSPS) is 14.4. The van der Waals surface area contributed by atoms with Gasteiger partial charge in [0.2, 0.25) is 0 Å². The molecule has 0 fully saturated rings. The topological polar surface area (TPSA) is 54.3 Å². The van der Waals surface area contributed by atoms with E-state index in [1.807, 2.05) is 33.1 Å². The Morgan fingerprint density at radius 3 is 2.40 bits per heavy atom. The fourth-order valence-electron chi connectivity index (χ4n) is 2.62. The molecule has 1 amide bonds. The number of hydrogen-bond donors (Lipinski definition) is 2. The fraction of sp³-hybridized carbons (Fsp3) is 0.667. The lowest BCUT2D eigenvalue weighted by Crippen LogP contribution is -2.41. The second-order valence-corrected chi connectivity index (χ2v) is 6.54. The van der Waals surface area contributed by atoms with Crippen molar-refractivity contribution in [3.8, 4) is 0 Å². The van der Waals surface area contributed by atoms with E-state index in [0.717, 1.165) is 17.0 Å².